The van der Waals surface area contributed by atoms with E-state index in [0.29, 0.717) is 6.04 Å². The largest absolute Gasteiger partial charge is 0.398 e. The highest BCUT2D eigenvalue weighted by Gasteiger charge is 2.23. The molecule has 7 heteroatoms. The molecule has 0 amide bonds. The Hall–Kier alpha value is 0.480. The molecule has 1 aliphatic rings. The van der Waals surface area contributed by atoms with E-state index < -0.39 is 0 Å². The van der Waals surface area contributed by atoms with Gasteiger partial charge in [0.1, 0.15) is 0 Å². The highest BCUT2D eigenvalue weighted by Crippen LogP contribution is 2.36. The van der Waals surface area contributed by atoms with Gasteiger partial charge in [-0.2, -0.15) is 0 Å². The summed E-state index contributed by atoms with van der Waals surface area (Å²) < 4.78 is 2.05. The first-order valence-corrected chi connectivity index (χ1v) is 7.91. The third kappa shape index (κ3) is 4.75. The predicted molar refractivity (Wildman–Crippen MR) is 98.2 cm³/mol. The second-order valence-electron chi connectivity index (χ2n) is 4.60. The van der Waals surface area contributed by atoms with Crippen LogP contribution in [0.1, 0.15) is 24.9 Å². The van der Waals surface area contributed by atoms with Crippen LogP contribution >= 0.6 is 56.7 Å². The number of nitrogens with zero attached hydrogens (tertiary/aromatic N) is 1. The van der Waals surface area contributed by atoms with Crippen molar-refractivity contribution in [1.82, 2.24) is 10.2 Å². The van der Waals surface area contributed by atoms with Crippen molar-refractivity contribution in [2.24, 2.45) is 0 Å². The van der Waals surface area contributed by atoms with Gasteiger partial charge in [0.15, 0.2) is 0 Å². The van der Waals surface area contributed by atoms with Crippen LogP contribution < -0.4 is 11.1 Å². The minimum atomic E-state index is 0. The molecule has 1 atom stereocenters. The quantitative estimate of drug-likeness (QED) is 0.685. The van der Waals surface area contributed by atoms with Crippen LogP contribution in [0.25, 0.3) is 0 Å². The number of nitrogens with one attached hydrogen (secondary N) is 1. The van der Waals surface area contributed by atoms with Gasteiger partial charge in [0.2, 0.25) is 0 Å². The first kappa shape index (κ1) is 20.5. The lowest BCUT2D eigenvalue weighted by atomic mass is 10.00. The average molecular weight is 450 g/mol. The molecule has 3 N–H and O–H groups in total. The Morgan fingerprint density at radius 2 is 1.85 bits per heavy atom. The van der Waals surface area contributed by atoms with Gasteiger partial charge in [0.05, 0.1) is 5.69 Å². The van der Waals surface area contributed by atoms with E-state index >= 15 is 0 Å². The molecule has 0 saturated carbocycles. The molecular weight excluding hydrogens is 429 g/mol. The third-order valence-corrected chi connectivity index (χ3v) is 4.58. The van der Waals surface area contributed by atoms with Crippen molar-refractivity contribution in [3.63, 3.8) is 0 Å². The summed E-state index contributed by atoms with van der Waals surface area (Å²) in [6.45, 7) is 6.52. The average Bonchev–Trinajstić information content (AvgIpc) is 2.37. The van der Waals surface area contributed by atoms with Crippen LogP contribution in [0.4, 0.5) is 5.69 Å². The van der Waals surface area contributed by atoms with Crippen molar-refractivity contribution in [2.75, 3.05) is 31.9 Å². The van der Waals surface area contributed by atoms with E-state index in [9.17, 15) is 0 Å². The van der Waals surface area contributed by atoms with Crippen molar-refractivity contribution in [1.29, 1.82) is 0 Å². The second kappa shape index (κ2) is 9.49. The number of nitrogens with two attached hydrogens (primary N) is 1. The van der Waals surface area contributed by atoms with E-state index in [1.807, 2.05) is 6.07 Å². The predicted octanol–water partition coefficient (Wildman–Crippen LogP) is 3.99. The molecule has 1 saturated heterocycles. The maximum atomic E-state index is 6.22. The first-order chi connectivity index (χ1) is 8.63. The molecule has 20 heavy (non-hydrogen) atoms. The third-order valence-electron chi connectivity index (χ3n) is 3.46. The van der Waals surface area contributed by atoms with E-state index in [0.717, 1.165) is 47.2 Å². The molecule has 0 aromatic heterocycles. The topological polar surface area (TPSA) is 41.3 Å². The second-order valence-corrected chi connectivity index (χ2v) is 6.37. The van der Waals surface area contributed by atoms with Gasteiger partial charge >= 0.3 is 0 Å². The molecule has 0 radical (unpaired) electrons. The minimum absolute atomic E-state index is 0. The van der Waals surface area contributed by atoms with Crippen LogP contribution in [0.2, 0.25) is 0 Å². The zero-order valence-electron chi connectivity index (χ0n) is 11.4. The fourth-order valence-corrected chi connectivity index (χ4v) is 3.81. The number of anilines is 1. The summed E-state index contributed by atoms with van der Waals surface area (Å²) in [6.07, 6.45) is 1.08. The van der Waals surface area contributed by atoms with E-state index in [2.05, 4.69) is 55.1 Å². The van der Waals surface area contributed by atoms with Gasteiger partial charge in [0.25, 0.3) is 0 Å². The van der Waals surface area contributed by atoms with Crippen LogP contribution in [0.5, 0.6) is 0 Å². The first-order valence-electron chi connectivity index (χ1n) is 6.32. The summed E-state index contributed by atoms with van der Waals surface area (Å²) in [5, 5.41) is 3.39. The number of halogens is 4. The van der Waals surface area contributed by atoms with E-state index in [4.69, 9.17) is 5.73 Å². The smallest absolute Gasteiger partial charge is 0.0507 e. The van der Waals surface area contributed by atoms with Crippen molar-refractivity contribution >= 4 is 62.4 Å². The van der Waals surface area contributed by atoms with E-state index in [1.165, 1.54) is 5.56 Å². The molecule has 1 aliphatic heterocycles. The van der Waals surface area contributed by atoms with Crippen molar-refractivity contribution in [2.45, 2.75) is 19.4 Å². The molecule has 2 rings (SSSR count). The summed E-state index contributed by atoms with van der Waals surface area (Å²) in [4.78, 5) is 2.51. The lowest BCUT2D eigenvalue weighted by Gasteiger charge is -2.35. The van der Waals surface area contributed by atoms with Gasteiger partial charge in [-0.05, 0) is 40.0 Å². The highest BCUT2D eigenvalue weighted by molar-refractivity contribution is 9.11. The Labute approximate surface area is 150 Å². The van der Waals surface area contributed by atoms with Gasteiger partial charge < -0.3 is 11.1 Å². The van der Waals surface area contributed by atoms with Crippen LogP contribution in [0, 0.1) is 0 Å². The van der Waals surface area contributed by atoms with Crippen LogP contribution in [0.15, 0.2) is 21.1 Å². The SMILES string of the molecule is CC[C@H](c1cc(Br)cc(Br)c1N)N1CCNCC1.Cl.Cl. The summed E-state index contributed by atoms with van der Waals surface area (Å²) >= 11 is 7.08. The van der Waals surface area contributed by atoms with Gasteiger partial charge in [0, 0.05) is 41.2 Å². The summed E-state index contributed by atoms with van der Waals surface area (Å²) in [7, 11) is 0. The number of piperazine rings is 1. The Morgan fingerprint density at radius 1 is 1.25 bits per heavy atom. The number of hydrogen-bond acceptors (Lipinski definition) is 3. The molecule has 1 heterocycles. The minimum Gasteiger partial charge on any atom is -0.398 e. The Kier molecular flexibility index (Phi) is 9.72. The molecule has 3 nitrogen and oxygen atoms in total. The molecule has 0 unspecified atom stereocenters. The molecular formula is C13H21Br2Cl2N3. The van der Waals surface area contributed by atoms with Crippen molar-refractivity contribution in [3.05, 3.63) is 26.6 Å². The van der Waals surface area contributed by atoms with Gasteiger partial charge in [-0.1, -0.05) is 22.9 Å². The van der Waals surface area contributed by atoms with Crippen LogP contribution in [-0.4, -0.2) is 31.1 Å². The number of rotatable bonds is 3. The molecule has 1 aromatic carbocycles. The fraction of sp³-hybridized carbons (Fsp3) is 0.538. The highest BCUT2D eigenvalue weighted by atomic mass is 79.9. The normalized spacial score (nSPS) is 16.9. The van der Waals surface area contributed by atoms with E-state index in [1.54, 1.807) is 0 Å². The number of nitrogen functional groups attached to an aromatic ring is 1. The van der Waals surface area contributed by atoms with Gasteiger partial charge in [-0.25, -0.2) is 0 Å². The standard InChI is InChI=1S/C13H19Br2N3.2ClH/c1-2-12(18-5-3-17-4-6-18)10-7-9(14)8-11(15)13(10)16;;/h7-8,12,17H,2-6,16H2,1H3;2*1H/t12-;;/m1../s1. The van der Waals surface area contributed by atoms with Gasteiger partial charge in [-0.15, -0.1) is 24.8 Å². The number of hydrogen-bond donors (Lipinski definition) is 2. The summed E-state index contributed by atoms with van der Waals surface area (Å²) in [5.74, 6) is 0. The van der Waals surface area contributed by atoms with E-state index in [-0.39, 0.29) is 24.8 Å². The lowest BCUT2D eigenvalue weighted by molar-refractivity contribution is 0.170. The lowest BCUT2D eigenvalue weighted by Crippen LogP contribution is -2.45. The Balaban J connectivity index is 0.00000180. The maximum Gasteiger partial charge on any atom is 0.0507 e. The molecule has 116 valence electrons. The summed E-state index contributed by atoms with van der Waals surface area (Å²) in [6, 6.07) is 4.56. The molecule has 1 aromatic rings. The fourth-order valence-electron chi connectivity index (χ4n) is 2.55. The van der Waals surface area contributed by atoms with Crippen molar-refractivity contribution < 1.29 is 0 Å². The van der Waals surface area contributed by atoms with Gasteiger partial charge in [-0.3, -0.25) is 4.90 Å². The molecule has 0 spiro atoms. The Bertz CT molecular complexity index is 426. The maximum absolute atomic E-state index is 6.22. The summed E-state index contributed by atoms with van der Waals surface area (Å²) in [5.41, 5.74) is 8.31. The van der Waals surface area contributed by atoms with Crippen molar-refractivity contribution in [3.8, 4) is 0 Å². The Morgan fingerprint density at radius 3 is 2.40 bits per heavy atom. The number of benzene rings is 1. The zero-order chi connectivity index (χ0) is 13.1. The van der Waals surface area contributed by atoms with Crippen LogP contribution in [0.3, 0.4) is 0 Å². The molecule has 1 fully saturated rings. The monoisotopic (exact) mass is 447 g/mol. The molecule has 0 aliphatic carbocycles. The zero-order valence-corrected chi connectivity index (χ0v) is 16.2. The molecule has 0 bridgehead atoms. The van der Waals surface area contributed by atoms with Crippen LogP contribution in [-0.2, 0) is 0 Å².